The number of halogens is 3. The fourth-order valence-corrected chi connectivity index (χ4v) is 4.21. The Labute approximate surface area is 195 Å². The average Bonchev–Trinajstić information content (AvgIpc) is 3.06. The summed E-state index contributed by atoms with van der Waals surface area (Å²) >= 11 is 3.43. The third kappa shape index (κ3) is 3.95. The van der Waals surface area contributed by atoms with Gasteiger partial charge in [-0.1, -0.05) is 34.1 Å². The number of nitrogens with one attached hydrogen (secondary N) is 1. The first-order valence-corrected chi connectivity index (χ1v) is 10.8. The SMILES string of the molecule is O=C(Cn1c2c(c(=O)n1-c1ccccc1)Cc1cc(Br)ccc1O2)Nc1ccc(F)c(F)c1. The van der Waals surface area contributed by atoms with Crippen molar-refractivity contribution in [3.63, 3.8) is 0 Å². The molecule has 9 heteroatoms. The third-order valence-electron chi connectivity index (χ3n) is 5.28. The first-order valence-electron chi connectivity index (χ1n) is 10.0. The van der Waals surface area contributed by atoms with Crippen LogP contribution in [0, 0.1) is 11.6 Å². The molecule has 166 valence electrons. The molecule has 0 aliphatic carbocycles. The molecule has 1 amide bonds. The summed E-state index contributed by atoms with van der Waals surface area (Å²) < 4.78 is 36.5. The summed E-state index contributed by atoms with van der Waals surface area (Å²) in [6.45, 7) is -0.287. The minimum Gasteiger partial charge on any atom is -0.439 e. The topological polar surface area (TPSA) is 65.3 Å². The second-order valence-corrected chi connectivity index (χ2v) is 8.42. The minimum absolute atomic E-state index is 0.102. The molecule has 1 aliphatic rings. The van der Waals surface area contributed by atoms with E-state index in [0.717, 1.165) is 22.2 Å². The first-order chi connectivity index (χ1) is 15.9. The number of benzene rings is 3. The Kier molecular flexibility index (Phi) is 5.33. The second-order valence-electron chi connectivity index (χ2n) is 7.50. The van der Waals surface area contributed by atoms with Gasteiger partial charge in [0.25, 0.3) is 5.56 Å². The molecule has 6 nitrogen and oxygen atoms in total. The summed E-state index contributed by atoms with van der Waals surface area (Å²) in [5.74, 6) is -1.76. The molecule has 0 bridgehead atoms. The average molecular weight is 512 g/mol. The van der Waals surface area contributed by atoms with Crippen molar-refractivity contribution in [1.82, 2.24) is 9.36 Å². The number of fused-ring (bicyclic) bond motifs is 2. The number of carbonyl (C=O) groups excluding carboxylic acids is 1. The molecule has 1 aromatic heterocycles. The molecule has 1 N–H and O–H groups in total. The van der Waals surface area contributed by atoms with Gasteiger partial charge in [-0.05, 0) is 42.5 Å². The van der Waals surface area contributed by atoms with E-state index in [1.54, 1.807) is 30.3 Å². The zero-order valence-corrected chi connectivity index (χ0v) is 18.6. The Morgan fingerprint density at radius 2 is 1.82 bits per heavy atom. The highest BCUT2D eigenvalue weighted by molar-refractivity contribution is 9.10. The first kappa shape index (κ1) is 21.1. The molecular formula is C24H16BrF2N3O3. The van der Waals surface area contributed by atoms with Crippen LogP contribution in [0.2, 0.25) is 0 Å². The Bertz CT molecular complexity index is 1450. The van der Waals surface area contributed by atoms with E-state index >= 15 is 0 Å². The van der Waals surface area contributed by atoms with E-state index in [4.69, 9.17) is 4.74 Å². The van der Waals surface area contributed by atoms with Crippen molar-refractivity contribution >= 4 is 27.5 Å². The van der Waals surface area contributed by atoms with Crippen molar-refractivity contribution in [1.29, 1.82) is 0 Å². The van der Waals surface area contributed by atoms with Crippen molar-refractivity contribution < 1.29 is 18.3 Å². The largest absolute Gasteiger partial charge is 0.439 e. The molecule has 0 saturated heterocycles. The lowest BCUT2D eigenvalue weighted by Gasteiger charge is -2.19. The van der Waals surface area contributed by atoms with E-state index in [2.05, 4.69) is 21.2 Å². The molecule has 33 heavy (non-hydrogen) atoms. The second kappa shape index (κ2) is 8.32. The molecule has 3 aromatic carbocycles. The van der Waals surface area contributed by atoms with Gasteiger partial charge in [-0.15, -0.1) is 0 Å². The number of amides is 1. The molecule has 2 heterocycles. The monoisotopic (exact) mass is 511 g/mol. The van der Waals surface area contributed by atoms with E-state index < -0.39 is 17.5 Å². The van der Waals surface area contributed by atoms with Crippen LogP contribution in [-0.4, -0.2) is 15.3 Å². The molecule has 0 saturated carbocycles. The van der Waals surface area contributed by atoms with Gasteiger partial charge in [0.2, 0.25) is 11.8 Å². The number of rotatable bonds is 4. The van der Waals surface area contributed by atoms with E-state index in [1.807, 2.05) is 18.2 Å². The molecule has 0 fully saturated rings. The normalized spacial score (nSPS) is 12.0. The van der Waals surface area contributed by atoms with Crippen LogP contribution < -0.4 is 15.6 Å². The molecule has 0 atom stereocenters. The zero-order chi connectivity index (χ0) is 23.1. The van der Waals surface area contributed by atoms with Gasteiger partial charge in [0, 0.05) is 28.2 Å². The zero-order valence-electron chi connectivity index (χ0n) is 17.0. The lowest BCUT2D eigenvalue weighted by Crippen LogP contribution is -2.27. The van der Waals surface area contributed by atoms with Crippen molar-refractivity contribution in [2.24, 2.45) is 0 Å². The molecular weight excluding hydrogens is 496 g/mol. The summed E-state index contributed by atoms with van der Waals surface area (Å²) in [5.41, 5.74) is 1.63. The van der Waals surface area contributed by atoms with Crippen LogP contribution in [0.1, 0.15) is 11.1 Å². The summed E-state index contributed by atoms with van der Waals surface area (Å²) in [7, 11) is 0. The number of para-hydroxylation sites is 1. The smallest absolute Gasteiger partial charge is 0.278 e. The predicted molar refractivity (Wildman–Crippen MR) is 122 cm³/mol. The number of aromatic nitrogens is 2. The van der Waals surface area contributed by atoms with Crippen LogP contribution in [0.3, 0.4) is 0 Å². The summed E-state index contributed by atoms with van der Waals surface area (Å²) in [6, 6.07) is 17.5. The summed E-state index contributed by atoms with van der Waals surface area (Å²) in [5, 5.41) is 2.54. The van der Waals surface area contributed by atoms with Gasteiger partial charge in [-0.25, -0.2) is 18.1 Å². The van der Waals surface area contributed by atoms with Crippen molar-refractivity contribution in [2.75, 3.05) is 5.32 Å². The number of carbonyl (C=O) groups is 1. The van der Waals surface area contributed by atoms with E-state index in [1.165, 1.54) is 15.4 Å². The van der Waals surface area contributed by atoms with Gasteiger partial charge in [0.15, 0.2) is 11.6 Å². The standard InChI is InChI=1S/C24H16BrF2N3O3/c25-15-6-9-21-14(10-15)11-18-23(32)30(17-4-2-1-3-5-17)29(24(18)33-21)13-22(31)28-16-7-8-19(26)20(27)12-16/h1-10,12H,11,13H2,(H,28,31). The number of hydrogen-bond acceptors (Lipinski definition) is 3. The van der Waals surface area contributed by atoms with Crippen LogP contribution in [0.4, 0.5) is 14.5 Å². The van der Waals surface area contributed by atoms with Gasteiger partial charge < -0.3 is 10.1 Å². The summed E-state index contributed by atoms with van der Waals surface area (Å²) in [4.78, 5) is 26.2. The predicted octanol–water partition coefficient (Wildman–Crippen LogP) is 5.01. The van der Waals surface area contributed by atoms with Crippen molar-refractivity contribution in [3.8, 4) is 17.3 Å². The molecule has 0 unspecified atom stereocenters. The Morgan fingerprint density at radius 1 is 1.03 bits per heavy atom. The fourth-order valence-electron chi connectivity index (χ4n) is 3.80. The minimum atomic E-state index is -1.07. The van der Waals surface area contributed by atoms with Crippen molar-refractivity contribution in [3.05, 3.63) is 104 Å². The van der Waals surface area contributed by atoms with Gasteiger partial charge in [-0.2, -0.15) is 0 Å². The molecule has 0 radical (unpaired) electrons. The van der Waals surface area contributed by atoms with Gasteiger partial charge in [0.1, 0.15) is 12.3 Å². The van der Waals surface area contributed by atoms with E-state index in [-0.39, 0.29) is 23.7 Å². The van der Waals surface area contributed by atoms with Crippen LogP contribution in [0.5, 0.6) is 11.6 Å². The van der Waals surface area contributed by atoms with Crippen molar-refractivity contribution in [2.45, 2.75) is 13.0 Å². The number of nitrogens with zero attached hydrogens (tertiary/aromatic N) is 2. The maximum Gasteiger partial charge on any atom is 0.278 e. The Morgan fingerprint density at radius 3 is 2.58 bits per heavy atom. The molecule has 5 rings (SSSR count). The number of anilines is 1. The number of hydrogen-bond donors (Lipinski definition) is 1. The fraction of sp³-hybridized carbons (Fsp3) is 0.0833. The Balaban J connectivity index is 1.56. The van der Waals surface area contributed by atoms with Gasteiger partial charge in [0.05, 0.1) is 11.3 Å². The maximum absolute atomic E-state index is 13.5. The quantitative estimate of drug-likeness (QED) is 0.368. The number of ether oxygens (including phenoxy) is 1. The van der Waals surface area contributed by atoms with Crippen LogP contribution in [0.15, 0.2) is 76.0 Å². The highest BCUT2D eigenvalue weighted by Crippen LogP contribution is 2.37. The molecule has 4 aromatic rings. The lowest BCUT2D eigenvalue weighted by molar-refractivity contribution is -0.117. The Hall–Kier alpha value is -3.72. The third-order valence-corrected chi connectivity index (χ3v) is 5.77. The van der Waals surface area contributed by atoms with Crippen LogP contribution in [0.25, 0.3) is 5.69 Å². The lowest BCUT2D eigenvalue weighted by atomic mass is 10.0. The molecule has 0 spiro atoms. The van der Waals surface area contributed by atoms with E-state index in [9.17, 15) is 18.4 Å². The van der Waals surface area contributed by atoms with Crippen LogP contribution >= 0.6 is 15.9 Å². The van der Waals surface area contributed by atoms with Gasteiger partial charge in [-0.3, -0.25) is 9.59 Å². The molecule has 1 aliphatic heterocycles. The van der Waals surface area contributed by atoms with E-state index in [0.29, 0.717) is 23.4 Å². The highest BCUT2D eigenvalue weighted by Gasteiger charge is 2.29. The van der Waals surface area contributed by atoms with Crippen LogP contribution in [-0.2, 0) is 17.8 Å². The highest BCUT2D eigenvalue weighted by atomic mass is 79.9. The summed E-state index contributed by atoms with van der Waals surface area (Å²) in [6.07, 6.45) is 0.341. The van der Waals surface area contributed by atoms with Gasteiger partial charge >= 0.3 is 0 Å². The maximum atomic E-state index is 13.5.